The number of benzene rings is 2. The molecule has 0 fully saturated rings. The van der Waals surface area contributed by atoms with Gasteiger partial charge in [-0.2, -0.15) is 0 Å². The summed E-state index contributed by atoms with van der Waals surface area (Å²) in [6, 6.07) is 15.8. The van der Waals surface area contributed by atoms with Crippen LogP contribution in [-0.4, -0.2) is 25.1 Å². The molecule has 5 heteroatoms. The van der Waals surface area contributed by atoms with Crippen LogP contribution >= 0.6 is 0 Å². The lowest BCUT2D eigenvalue weighted by molar-refractivity contribution is -0.113. The predicted molar refractivity (Wildman–Crippen MR) is 130 cm³/mol. The zero-order valence-electron chi connectivity index (χ0n) is 19.6. The molecule has 2 rings (SSSR count). The molecule has 5 nitrogen and oxygen atoms in total. The summed E-state index contributed by atoms with van der Waals surface area (Å²) in [5, 5.41) is 6.53. The molecule has 0 aliphatic rings. The number of amides is 1. The molecule has 32 heavy (non-hydrogen) atoms. The Kier molecular flexibility index (Phi) is 9.61. The second-order valence-electron chi connectivity index (χ2n) is 7.84. The summed E-state index contributed by atoms with van der Waals surface area (Å²) in [7, 11) is 1.44. The van der Waals surface area contributed by atoms with Gasteiger partial charge in [0, 0.05) is 17.6 Å². The van der Waals surface area contributed by atoms with Gasteiger partial charge in [0.15, 0.2) is 11.6 Å². The minimum Gasteiger partial charge on any atom is -0.397 e. The molecule has 0 unspecified atom stereocenters. The van der Waals surface area contributed by atoms with Crippen molar-refractivity contribution in [2.75, 3.05) is 7.11 Å². The Bertz CT molecular complexity index is 1030. The third-order valence-corrected chi connectivity index (χ3v) is 5.00. The Morgan fingerprint density at radius 3 is 2.31 bits per heavy atom. The van der Waals surface area contributed by atoms with Gasteiger partial charge < -0.3 is 10.2 Å². The number of carbonyl (C=O) groups is 2. The first-order chi connectivity index (χ1) is 15.4. The smallest absolute Gasteiger partial charge is 0.212 e. The maximum atomic E-state index is 12.4. The summed E-state index contributed by atoms with van der Waals surface area (Å²) in [6.07, 6.45) is 5.18. The van der Waals surface area contributed by atoms with Crippen molar-refractivity contribution in [1.82, 2.24) is 5.32 Å². The summed E-state index contributed by atoms with van der Waals surface area (Å²) in [5.74, 6) is 0.454. The molecule has 2 aromatic rings. The van der Waals surface area contributed by atoms with Crippen molar-refractivity contribution >= 4 is 18.0 Å². The first-order valence-corrected chi connectivity index (χ1v) is 10.8. The Morgan fingerprint density at radius 1 is 1.06 bits per heavy atom. The van der Waals surface area contributed by atoms with Gasteiger partial charge in [0.2, 0.25) is 6.41 Å². The molecule has 0 aromatic heterocycles. The van der Waals surface area contributed by atoms with Crippen molar-refractivity contribution < 1.29 is 14.4 Å². The standard InChI is InChI=1S/C27H32N2O3/c1-6-9-23(16-19(2)3)26(20(4)31)17-21-12-14-22(15-13-21)24-10-7-8-11-25(24)27(28-18-30)29-32-5/h7-8,10-16,18H,6,9,17H2,1-5H3,(H,28,29,30)/b26-23-. The first kappa shape index (κ1) is 24.8. The normalized spacial score (nSPS) is 12.0. The molecule has 1 N–H and O–H groups in total. The van der Waals surface area contributed by atoms with Gasteiger partial charge in [-0.25, -0.2) is 0 Å². The Morgan fingerprint density at radius 2 is 1.75 bits per heavy atom. The SMILES string of the molecule is CCC/C(C=C(C)C)=C(\Cc1ccc(-c2ccccc2/C(=N/OC)NC=O)cc1)C(C)=O. The zero-order chi connectivity index (χ0) is 23.5. The minimum absolute atomic E-state index is 0.112. The quantitative estimate of drug-likeness (QED) is 0.133. The summed E-state index contributed by atoms with van der Waals surface area (Å²) in [4.78, 5) is 28.3. The van der Waals surface area contributed by atoms with E-state index in [0.717, 1.165) is 46.2 Å². The summed E-state index contributed by atoms with van der Waals surface area (Å²) in [5.41, 5.74) is 6.91. The zero-order valence-corrected chi connectivity index (χ0v) is 19.6. The molecular formula is C27H32N2O3. The lowest BCUT2D eigenvalue weighted by atomic mass is 9.92. The van der Waals surface area contributed by atoms with Crippen molar-refractivity contribution in [2.24, 2.45) is 5.16 Å². The van der Waals surface area contributed by atoms with Gasteiger partial charge in [0.25, 0.3) is 0 Å². The van der Waals surface area contributed by atoms with Gasteiger partial charge in [-0.3, -0.25) is 9.59 Å². The predicted octanol–water partition coefficient (Wildman–Crippen LogP) is 5.60. The van der Waals surface area contributed by atoms with Crippen LogP contribution in [0, 0.1) is 0 Å². The van der Waals surface area contributed by atoms with Crippen LogP contribution < -0.4 is 5.32 Å². The highest BCUT2D eigenvalue weighted by Crippen LogP contribution is 2.26. The summed E-state index contributed by atoms with van der Waals surface area (Å²) in [6.45, 7) is 7.88. The third kappa shape index (κ3) is 6.77. The number of rotatable bonds is 10. The molecule has 2 aromatic carbocycles. The van der Waals surface area contributed by atoms with Crippen molar-refractivity contribution in [3.05, 3.63) is 82.5 Å². The molecule has 0 atom stereocenters. The molecule has 168 valence electrons. The molecule has 0 heterocycles. The molecule has 0 aliphatic heterocycles. The van der Waals surface area contributed by atoms with Gasteiger partial charge in [-0.1, -0.05) is 78.7 Å². The highest BCUT2D eigenvalue weighted by Gasteiger charge is 2.13. The average Bonchev–Trinajstić information content (AvgIpc) is 2.77. The fourth-order valence-corrected chi connectivity index (χ4v) is 3.64. The van der Waals surface area contributed by atoms with Crippen LogP contribution in [0.5, 0.6) is 0 Å². The second-order valence-corrected chi connectivity index (χ2v) is 7.84. The number of Topliss-reactive ketones (excluding diaryl/α,β-unsaturated/α-hetero) is 1. The Balaban J connectivity index is 2.43. The summed E-state index contributed by atoms with van der Waals surface area (Å²) < 4.78 is 0. The number of carbonyl (C=O) groups excluding carboxylic acids is 2. The number of hydrogen-bond donors (Lipinski definition) is 1. The van der Waals surface area contributed by atoms with E-state index < -0.39 is 0 Å². The maximum absolute atomic E-state index is 12.4. The van der Waals surface area contributed by atoms with Crippen LogP contribution in [-0.2, 0) is 20.8 Å². The number of allylic oxidation sites excluding steroid dienone is 4. The molecule has 1 amide bonds. The molecule has 0 saturated carbocycles. The van der Waals surface area contributed by atoms with E-state index in [1.54, 1.807) is 6.92 Å². The molecule has 0 aliphatic carbocycles. The number of nitrogens with zero attached hydrogens (tertiary/aromatic N) is 1. The van der Waals surface area contributed by atoms with Crippen LogP contribution in [0.4, 0.5) is 0 Å². The van der Waals surface area contributed by atoms with Crippen LogP contribution in [0.15, 0.2) is 76.5 Å². The first-order valence-electron chi connectivity index (χ1n) is 10.8. The third-order valence-electron chi connectivity index (χ3n) is 5.00. The Labute approximate surface area is 190 Å². The van der Waals surface area contributed by atoms with Gasteiger partial charge in [0.05, 0.1) is 0 Å². The average molecular weight is 433 g/mol. The van der Waals surface area contributed by atoms with E-state index in [0.29, 0.717) is 18.7 Å². The van der Waals surface area contributed by atoms with E-state index in [-0.39, 0.29) is 5.78 Å². The fourth-order valence-electron chi connectivity index (χ4n) is 3.64. The van der Waals surface area contributed by atoms with Crippen LogP contribution in [0.25, 0.3) is 11.1 Å². The van der Waals surface area contributed by atoms with Crippen molar-refractivity contribution in [3.8, 4) is 11.1 Å². The number of ketones is 1. The maximum Gasteiger partial charge on any atom is 0.212 e. The van der Waals surface area contributed by atoms with E-state index in [4.69, 9.17) is 4.84 Å². The van der Waals surface area contributed by atoms with Gasteiger partial charge >= 0.3 is 0 Å². The van der Waals surface area contributed by atoms with Crippen LogP contribution in [0.2, 0.25) is 0 Å². The Hall–Kier alpha value is -3.47. The van der Waals surface area contributed by atoms with E-state index in [1.165, 1.54) is 12.7 Å². The van der Waals surface area contributed by atoms with E-state index in [1.807, 2.05) is 48.5 Å². The van der Waals surface area contributed by atoms with Gasteiger partial charge in [-0.15, -0.1) is 0 Å². The lowest BCUT2D eigenvalue weighted by Gasteiger charge is -2.13. The molecule has 0 bridgehead atoms. The number of amidine groups is 1. The van der Waals surface area contributed by atoms with Crippen LogP contribution in [0.3, 0.4) is 0 Å². The molecule has 0 radical (unpaired) electrons. The van der Waals surface area contributed by atoms with Gasteiger partial charge in [0.1, 0.15) is 7.11 Å². The molecule has 0 saturated heterocycles. The van der Waals surface area contributed by atoms with Crippen molar-refractivity contribution in [3.63, 3.8) is 0 Å². The number of nitrogens with one attached hydrogen (secondary N) is 1. The van der Waals surface area contributed by atoms with Crippen molar-refractivity contribution in [1.29, 1.82) is 0 Å². The van der Waals surface area contributed by atoms with E-state index in [9.17, 15) is 9.59 Å². The topological polar surface area (TPSA) is 67.8 Å². The van der Waals surface area contributed by atoms with E-state index >= 15 is 0 Å². The van der Waals surface area contributed by atoms with E-state index in [2.05, 4.69) is 37.3 Å². The van der Waals surface area contributed by atoms with Crippen molar-refractivity contribution in [2.45, 2.75) is 47.0 Å². The molecule has 0 spiro atoms. The lowest BCUT2D eigenvalue weighted by Crippen LogP contribution is -2.23. The largest absolute Gasteiger partial charge is 0.397 e. The number of oxime groups is 1. The molecular weight excluding hydrogens is 400 g/mol. The fraction of sp³-hybridized carbons (Fsp3) is 0.296. The van der Waals surface area contributed by atoms with Gasteiger partial charge in [-0.05, 0) is 49.5 Å². The monoisotopic (exact) mass is 432 g/mol. The summed E-state index contributed by atoms with van der Waals surface area (Å²) >= 11 is 0. The number of hydrogen-bond acceptors (Lipinski definition) is 4. The second kappa shape index (κ2) is 12.4. The highest BCUT2D eigenvalue weighted by atomic mass is 16.6. The minimum atomic E-state index is 0.112. The highest BCUT2D eigenvalue weighted by molar-refractivity contribution is 6.08. The van der Waals surface area contributed by atoms with Crippen LogP contribution in [0.1, 0.15) is 51.7 Å².